The Morgan fingerprint density at radius 1 is 1.33 bits per heavy atom. The monoisotopic (exact) mass is 282 g/mol. The molecule has 2 aromatic rings. The molecule has 0 aliphatic heterocycles. The van der Waals surface area contributed by atoms with Crippen molar-refractivity contribution in [1.82, 2.24) is 9.97 Å². The van der Waals surface area contributed by atoms with Crippen LogP contribution in [0.25, 0.3) is 0 Å². The van der Waals surface area contributed by atoms with Crippen LogP contribution in [0.4, 0.5) is 15.9 Å². The first-order chi connectivity index (χ1) is 8.56. The van der Waals surface area contributed by atoms with Crippen molar-refractivity contribution in [3.63, 3.8) is 0 Å². The Kier molecular flexibility index (Phi) is 3.69. The first-order valence-electron chi connectivity index (χ1n) is 4.90. The molecule has 3 N–H and O–H groups in total. The van der Waals surface area contributed by atoms with Gasteiger partial charge in [-0.15, -0.1) is 0 Å². The minimum absolute atomic E-state index is 0.165. The molecule has 0 spiro atoms. The predicted molar refractivity (Wildman–Crippen MR) is 72.6 cm³/mol. The molecule has 0 saturated heterocycles. The van der Waals surface area contributed by atoms with Gasteiger partial charge in [-0.2, -0.15) is 0 Å². The molecule has 0 aliphatic carbocycles. The van der Waals surface area contributed by atoms with Crippen LogP contribution in [0.2, 0.25) is 5.02 Å². The average Bonchev–Trinajstić information content (AvgIpc) is 2.34. The third kappa shape index (κ3) is 2.91. The van der Waals surface area contributed by atoms with E-state index in [4.69, 9.17) is 29.6 Å². The van der Waals surface area contributed by atoms with Crippen molar-refractivity contribution in [3.05, 3.63) is 47.1 Å². The molecule has 4 nitrogen and oxygen atoms in total. The SMILES string of the molecule is NC(=S)c1cnc(Nc2cc(F)ccc2Cl)cn1. The second-order valence-electron chi connectivity index (χ2n) is 3.40. The van der Waals surface area contributed by atoms with Crippen LogP contribution in [0.5, 0.6) is 0 Å². The maximum atomic E-state index is 13.1. The fourth-order valence-electron chi connectivity index (χ4n) is 1.25. The van der Waals surface area contributed by atoms with Crippen molar-refractivity contribution >= 4 is 40.3 Å². The van der Waals surface area contributed by atoms with Crippen molar-refractivity contribution in [2.75, 3.05) is 5.32 Å². The summed E-state index contributed by atoms with van der Waals surface area (Å²) >= 11 is 10.7. The molecule has 1 aromatic carbocycles. The number of halogens is 2. The standard InChI is InChI=1S/C11H8ClFN4S/c12-7-2-1-6(13)3-8(7)17-10-5-15-9(4-16-10)11(14)18/h1-5H,(H2,14,18)(H,16,17). The van der Waals surface area contributed by atoms with E-state index < -0.39 is 5.82 Å². The molecular weight excluding hydrogens is 275 g/mol. The molecule has 0 amide bonds. The van der Waals surface area contributed by atoms with Gasteiger partial charge in [-0.1, -0.05) is 23.8 Å². The number of benzene rings is 1. The lowest BCUT2D eigenvalue weighted by Crippen LogP contribution is -2.12. The van der Waals surface area contributed by atoms with Crippen molar-refractivity contribution < 1.29 is 4.39 Å². The summed E-state index contributed by atoms with van der Waals surface area (Å²) in [5.74, 6) is 0.0251. The lowest BCUT2D eigenvalue weighted by Gasteiger charge is -2.07. The van der Waals surface area contributed by atoms with Crippen LogP contribution in [0.15, 0.2) is 30.6 Å². The van der Waals surface area contributed by atoms with Gasteiger partial charge >= 0.3 is 0 Å². The molecule has 2 rings (SSSR count). The molecule has 0 fully saturated rings. The summed E-state index contributed by atoms with van der Waals surface area (Å²) in [6.45, 7) is 0. The fraction of sp³-hybridized carbons (Fsp3) is 0. The number of thiocarbonyl (C=S) groups is 1. The van der Waals surface area contributed by atoms with Crippen molar-refractivity contribution in [2.45, 2.75) is 0 Å². The second-order valence-corrected chi connectivity index (χ2v) is 4.25. The van der Waals surface area contributed by atoms with Crippen LogP contribution in [-0.4, -0.2) is 15.0 Å². The largest absolute Gasteiger partial charge is 0.388 e. The summed E-state index contributed by atoms with van der Waals surface area (Å²) in [6.07, 6.45) is 2.87. The lowest BCUT2D eigenvalue weighted by atomic mass is 10.3. The number of hydrogen-bond donors (Lipinski definition) is 2. The van der Waals surface area contributed by atoms with Gasteiger partial charge < -0.3 is 11.1 Å². The van der Waals surface area contributed by atoms with E-state index >= 15 is 0 Å². The Bertz CT molecular complexity index is 588. The number of aromatic nitrogens is 2. The number of rotatable bonds is 3. The normalized spacial score (nSPS) is 10.1. The van der Waals surface area contributed by atoms with E-state index in [0.29, 0.717) is 22.2 Å². The topological polar surface area (TPSA) is 63.8 Å². The van der Waals surface area contributed by atoms with E-state index in [-0.39, 0.29) is 4.99 Å². The first-order valence-corrected chi connectivity index (χ1v) is 5.69. The van der Waals surface area contributed by atoms with Gasteiger partial charge in [0.05, 0.1) is 23.1 Å². The highest BCUT2D eigenvalue weighted by Crippen LogP contribution is 2.24. The molecule has 1 heterocycles. The number of nitrogens with two attached hydrogens (primary N) is 1. The third-order valence-corrected chi connectivity index (χ3v) is 2.63. The van der Waals surface area contributed by atoms with Gasteiger partial charge in [0.2, 0.25) is 0 Å². The molecule has 0 saturated carbocycles. The molecule has 0 bridgehead atoms. The molecule has 0 atom stereocenters. The van der Waals surface area contributed by atoms with Crippen LogP contribution in [0.3, 0.4) is 0 Å². The van der Waals surface area contributed by atoms with Gasteiger partial charge in [-0.05, 0) is 18.2 Å². The van der Waals surface area contributed by atoms with Crippen LogP contribution >= 0.6 is 23.8 Å². The van der Waals surface area contributed by atoms with E-state index in [2.05, 4.69) is 15.3 Å². The zero-order valence-electron chi connectivity index (χ0n) is 9.02. The Morgan fingerprint density at radius 2 is 2.11 bits per heavy atom. The molecule has 1 aromatic heterocycles. The van der Waals surface area contributed by atoms with Crippen LogP contribution in [0, 0.1) is 5.82 Å². The summed E-state index contributed by atoms with van der Waals surface area (Å²) in [5, 5.41) is 3.24. The zero-order chi connectivity index (χ0) is 13.1. The minimum atomic E-state index is -0.394. The summed E-state index contributed by atoms with van der Waals surface area (Å²) in [7, 11) is 0. The third-order valence-electron chi connectivity index (χ3n) is 2.10. The average molecular weight is 283 g/mol. The number of anilines is 2. The minimum Gasteiger partial charge on any atom is -0.388 e. The van der Waals surface area contributed by atoms with Crippen molar-refractivity contribution in [1.29, 1.82) is 0 Å². The highest BCUT2D eigenvalue weighted by atomic mass is 35.5. The van der Waals surface area contributed by atoms with E-state index in [1.807, 2.05) is 0 Å². The van der Waals surface area contributed by atoms with Crippen LogP contribution < -0.4 is 11.1 Å². The van der Waals surface area contributed by atoms with Crippen LogP contribution in [0.1, 0.15) is 5.69 Å². The van der Waals surface area contributed by atoms with E-state index in [1.54, 1.807) is 0 Å². The fourth-order valence-corrected chi connectivity index (χ4v) is 1.52. The molecular formula is C11H8ClFN4S. The molecule has 18 heavy (non-hydrogen) atoms. The van der Waals surface area contributed by atoms with Gasteiger partial charge in [0.15, 0.2) is 0 Å². The Balaban J connectivity index is 2.23. The van der Waals surface area contributed by atoms with Gasteiger partial charge in [-0.3, -0.25) is 0 Å². The number of nitrogens with one attached hydrogen (secondary N) is 1. The summed E-state index contributed by atoms with van der Waals surface area (Å²) in [5.41, 5.74) is 6.23. The summed E-state index contributed by atoms with van der Waals surface area (Å²) in [4.78, 5) is 8.21. The van der Waals surface area contributed by atoms with Gasteiger partial charge in [0, 0.05) is 0 Å². The molecule has 92 valence electrons. The first kappa shape index (κ1) is 12.7. The summed E-state index contributed by atoms with van der Waals surface area (Å²) in [6, 6.07) is 4.00. The van der Waals surface area contributed by atoms with E-state index in [1.165, 1.54) is 30.6 Å². The highest BCUT2D eigenvalue weighted by molar-refractivity contribution is 7.80. The quantitative estimate of drug-likeness (QED) is 0.848. The second kappa shape index (κ2) is 5.24. The zero-order valence-corrected chi connectivity index (χ0v) is 10.6. The molecule has 7 heteroatoms. The van der Waals surface area contributed by atoms with Gasteiger partial charge in [-0.25, -0.2) is 14.4 Å². The molecule has 0 aliphatic rings. The maximum Gasteiger partial charge on any atom is 0.148 e. The van der Waals surface area contributed by atoms with Crippen molar-refractivity contribution in [3.8, 4) is 0 Å². The van der Waals surface area contributed by atoms with Crippen molar-refractivity contribution in [2.24, 2.45) is 5.73 Å². The smallest absolute Gasteiger partial charge is 0.148 e. The predicted octanol–water partition coefficient (Wildman–Crippen LogP) is 2.65. The maximum absolute atomic E-state index is 13.1. The molecule has 0 unspecified atom stereocenters. The Labute approximate surface area is 113 Å². The Hall–Kier alpha value is -1.79. The lowest BCUT2D eigenvalue weighted by molar-refractivity contribution is 0.628. The highest BCUT2D eigenvalue weighted by Gasteiger charge is 2.04. The van der Waals surface area contributed by atoms with Crippen LogP contribution in [-0.2, 0) is 0 Å². The van der Waals surface area contributed by atoms with E-state index in [9.17, 15) is 4.39 Å². The van der Waals surface area contributed by atoms with E-state index in [0.717, 1.165) is 0 Å². The van der Waals surface area contributed by atoms with Gasteiger partial charge in [0.25, 0.3) is 0 Å². The summed E-state index contributed by atoms with van der Waals surface area (Å²) < 4.78 is 13.1. The number of hydrogen-bond acceptors (Lipinski definition) is 4. The molecule has 0 radical (unpaired) electrons. The van der Waals surface area contributed by atoms with Gasteiger partial charge in [0.1, 0.15) is 22.3 Å². The number of nitrogens with zero attached hydrogens (tertiary/aromatic N) is 2. The Morgan fingerprint density at radius 3 is 2.72 bits per heavy atom.